The maximum atomic E-state index is 11.3. The zero-order valence-corrected chi connectivity index (χ0v) is 21.3. The summed E-state index contributed by atoms with van der Waals surface area (Å²) >= 11 is 0. The van der Waals surface area contributed by atoms with Crippen LogP contribution < -0.4 is 10.2 Å². The first kappa shape index (κ1) is 31.5. The summed E-state index contributed by atoms with van der Waals surface area (Å²) in [6.07, 6.45) is -0.643. The van der Waals surface area contributed by atoms with E-state index in [-0.39, 0.29) is 12.2 Å². The van der Waals surface area contributed by atoms with Crippen LogP contribution in [0.3, 0.4) is 0 Å². The number of rotatable bonds is 21. The highest BCUT2D eigenvalue weighted by atomic mass is 16.7. The lowest BCUT2D eigenvalue weighted by Gasteiger charge is -2.19. The summed E-state index contributed by atoms with van der Waals surface area (Å²) in [6.45, 7) is 10.1. The van der Waals surface area contributed by atoms with Gasteiger partial charge in [-0.05, 0) is 45.0 Å². The van der Waals surface area contributed by atoms with Crippen LogP contribution in [0, 0.1) is 0 Å². The molecule has 12 heteroatoms. The summed E-state index contributed by atoms with van der Waals surface area (Å²) in [5.74, 6) is -0.381. The number of carbonyl (C=O) groups excluding carboxylic acids is 1. The van der Waals surface area contributed by atoms with Crippen molar-refractivity contribution in [2.45, 2.75) is 26.4 Å². The minimum Gasteiger partial charge on any atom is -0.491 e. The number of aromatic carboxylic acids is 1. The first-order valence-corrected chi connectivity index (χ1v) is 11.7. The second kappa shape index (κ2) is 19.7. The molecule has 1 aromatic rings. The van der Waals surface area contributed by atoms with E-state index in [0.717, 1.165) is 0 Å². The molecule has 0 saturated carbocycles. The van der Waals surface area contributed by atoms with Crippen molar-refractivity contribution in [3.63, 3.8) is 0 Å². The summed E-state index contributed by atoms with van der Waals surface area (Å²) in [4.78, 5) is 27.1. The highest BCUT2D eigenvalue weighted by Crippen LogP contribution is 2.12. The second-order valence-electron chi connectivity index (χ2n) is 8.19. The van der Waals surface area contributed by atoms with E-state index < -0.39 is 17.7 Å². The molecule has 0 aromatic heterocycles. The van der Waals surface area contributed by atoms with Gasteiger partial charge in [-0.2, -0.15) is 5.48 Å². The third-order valence-corrected chi connectivity index (χ3v) is 3.97. The third-order valence-electron chi connectivity index (χ3n) is 3.97. The van der Waals surface area contributed by atoms with Gasteiger partial charge in [-0.3, -0.25) is 4.84 Å². The lowest BCUT2D eigenvalue weighted by Crippen LogP contribution is -2.33. The van der Waals surface area contributed by atoms with Gasteiger partial charge in [0.15, 0.2) is 0 Å². The molecule has 0 aliphatic rings. The molecule has 36 heavy (non-hydrogen) atoms. The Kier molecular flexibility index (Phi) is 17.2. The van der Waals surface area contributed by atoms with Crippen LogP contribution in [0.25, 0.3) is 0 Å². The number of carbonyl (C=O) groups is 2. The summed E-state index contributed by atoms with van der Waals surface area (Å²) in [6, 6.07) is 6.20. The number of hydrogen-bond donors (Lipinski definition) is 2. The van der Waals surface area contributed by atoms with Gasteiger partial charge in [0.05, 0.1) is 78.2 Å². The maximum absolute atomic E-state index is 11.3. The molecule has 12 nitrogen and oxygen atoms in total. The second-order valence-corrected chi connectivity index (χ2v) is 8.19. The molecule has 0 saturated heterocycles. The molecule has 2 N–H and O–H groups in total. The highest BCUT2D eigenvalue weighted by molar-refractivity contribution is 5.87. The number of hydroxylamine groups is 1. The van der Waals surface area contributed by atoms with Gasteiger partial charge in [-0.25, -0.2) is 9.59 Å². The van der Waals surface area contributed by atoms with E-state index in [2.05, 4.69) is 5.48 Å². The molecule has 206 valence electrons. The number of amides is 1. The van der Waals surface area contributed by atoms with E-state index >= 15 is 0 Å². The van der Waals surface area contributed by atoms with Gasteiger partial charge in [-0.1, -0.05) is 0 Å². The lowest BCUT2D eigenvalue weighted by molar-refractivity contribution is -0.0375. The van der Waals surface area contributed by atoms with Gasteiger partial charge in [0.25, 0.3) is 0 Å². The van der Waals surface area contributed by atoms with E-state index in [1.165, 1.54) is 12.1 Å². The molecule has 0 atom stereocenters. The fraction of sp³-hybridized carbons (Fsp3) is 0.667. The van der Waals surface area contributed by atoms with Crippen molar-refractivity contribution in [1.82, 2.24) is 5.48 Å². The largest absolute Gasteiger partial charge is 0.491 e. The van der Waals surface area contributed by atoms with Crippen LogP contribution in [0.4, 0.5) is 4.79 Å². The van der Waals surface area contributed by atoms with E-state index in [9.17, 15) is 9.59 Å². The molecule has 0 bridgehead atoms. The minimum atomic E-state index is -0.971. The van der Waals surface area contributed by atoms with E-state index in [4.69, 9.17) is 43.1 Å². The standard InChI is InChI=1S/C24H39NO11/c1-24(2,3)36-23(28)25-35-19-17-33-15-13-31-11-9-29-8-10-30-12-14-32-16-18-34-21-6-4-20(5-7-21)22(26)27/h4-7H,8-19H2,1-3H3,(H,25,28)(H,26,27). The van der Waals surface area contributed by atoms with Crippen LogP contribution in [-0.4, -0.2) is 102 Å². The van der Waals surface area contributed by atoms with Crippen LogP contribution in [0.1, 0.15) is 31.1 Å². The minimum absolute atomic E-state index is 0.200. The molecule has 0 aliphatic heterocycles. The average molecular weight is 518 g/mol. The number of ether oxygens (including phenoxy) is 7. The molecular weight excluding hydrogens is 478 g/mol. The molecule has 0 unspecified atom stereocenters. The molecule has 0 aliphatic carbocycles. The van der Waals surface area contributed by atoms with Crippen LogP contribution in [-0.2, 0) is 33.3 Å². The van der Waals surface area contributed by atoms with E-state index in [1.54, 1.807) is 32.9 Å². The first-order chi connectivity index (χ1) is 17.3. The van der Waals surface area contributed by atoms with Crippen LogP contribution in [0.5, 0.6) is 5.75 Å². The topological polar surface area (TPSA) is 140 Å². The molecule has 0 radical (unpaired) electrons. The third kappa shape index (κ3) is 18.8. The van der Waals surface area contributed by atoms with Gasteiger partial charge in [-0.15, -0.1) is 0 Å². The molecule has 1 amide bonds. The normalized spacial score (nSPS) is 11.3. The highest BCUT2D eigenvalue weighted by Gasteiger charge is 2.15. The molecule has 1 aromatic carbocycles. The van der Waals surface area contributed by atoms with Crippen molar-refractivity contribution in [3.05, 3.63) is 29.8 Å². The number of benzene rings is 1. The first-order valence-electron chi connectivity index (χ1n) is 11.7. The Morgan fingerprint density at radius 3 is 1.53 bits per heavy atom. The van der Waals surface area contributed by atoms with Crippen molar-refractivity contribution in [2.75, 3.05) is 79.3 Å². The fourth-order valence-corrected chi connectivity index (χ4v) is 2.40. The quantitative estimate of drug-likeness (QED) is 0.183. The predicted molar refractivity (Wildman–Crippen MR) is 128 cm³/mol. The Labute approximate surface area is 212 Å². The Balaban J connectivity index is 1.75. The molecule has 0 heterocycles. The van der Waals surface area contributed by atoms with Crippen molar-refractivity contribution in [2.24, 2.45) is 0 Å². The fourth-order valence-electron chi connectivity index (χ4n) is 2.40. The van der Waals surface area contributed by atoms with Crippen LogP contribution in [0.15, 0.2) is 24.3 Å². The summed E-state index contributed by atoms with van der Waals surface area (Å²) < 4.78 is 37.4. The van der Waals surface area contributed by atoms with E-state index in [1.807, 2.05) is 0 Å². The Morgan fingerprint density at radius 2 is 1.11 bits per heavy atom. The number of carboxylic acid groups (broad SMARTS) is 1. The lowest BCUT2D eigenvalue weighted by atomic mass is 10.2. The Bertz CT molecular complexity index is 707. The molecule has 0 fully saturated rings. The van der Waals surface area contributed by atoms with Crippen LogP contribution >= 0.6 is 0 Å². The zero-order valence-electron chi connectivity index (χ0n) is 21.3. The van der Waals surface area contributed by atoms with Gasteiger partial charge in [0.2, 0.25) is 0 Å². The van der Waals surface area contributed by atoms with Gasteiger partial charge in [0, 0.05) is 0 Å². The van der Waals surface area contributed by atoms with Crippen LogP contribution in [0.2, 0.25) is 0 Å². The molecular formula is C24H39NO11. The number of hydrogen-bond acceptors (Lipinski definition) is 10. The van der Waals surface area contributed by atoms with Crippen molar-refractivity contribution < 1.29 is 52.7 Å². The number of carboxylic acids is 1. The number of nitrogens with one attached hydrogen (secondary N) is 1. The SMILES string of the molecule is CC(C)(C)OC(=O)NOCCOCCOCCOCCOCCOCCOc1ccc(C(=O)O)cc1. The molecule has 0 spiro atoms. The summed E-state index contributed by atoms with van der Waals surface area (Å²) in [7, 11) is 0. The van der Waals surface area contributed by atoms with E-state index in [0.29, 0.717) is 78.4 Å². The Hall–Kier alpha value is -2.48. The van der Waals surface area contributed by atoms with Gasteiger partial charge >= 0.3 is 12.1 Å². The maximum Gasteiger partial charge on any atom is 0.431 e. The average Bonchev–Trinajstić information content (AvgIpc) is 2.82. The Morgan fingerprint density at radius 1 is 0.694 bits per heavy atom. The monoisotopic (exact) mass is 517 g/mol. The summed E-state index contributed by atoms with van der Waals surface area (Å²) in [5, 5.41) is 8.85. The van der Waals surface area contributed by atoms with Gasteiger partial charge < -0.3 is 38.3 Å². The van der Waals surface area contributed by atoms with Crippen molar-refractivity contribution in [3.8, 4) is 5.75 Å². The smallest absolute Gasteiger partial charge is 0.431 e. The zero-order chi connectivity index (χ0) is 26.5. The molecule has 1 rings (SSSR count). The predicted octanol–water partition coefficient (Wildman–Crippen LogP) is 2.30. The summed E-state index contributed by atoms with van der Waals surface area (Å²) in [5.41, 5.74) is 1.82. The van der Waals surface area contributed by atoms with Crippen molar-refractivity contribution >= 4 is 12.1 Å². The van der Waals surface area contributed by atoms with Gasteiger partial charge in [0.1, 0.15) is 18.0 Å². The van der Waals surface area contributed by atoms with Crippen molar-refractivity contribution in [1.29, 1.82) is 0 Å².